The average molecular weight is 301 g/mol. The van der Waals surface area contributed by atoms with Gasteiger partial charge >= 0.3 is 6.18 Å². The van der Waals surface area contributed by atoms with Crippen molar-refractivity contribution in [1.82, 2.24) is 0 Å². The molecule has 0 spiro atoms. The van der Waals surface area contributed by atoms with Crippen molar-refractivity contribution >= 4 is 12.4 Å². The quantitative estimate of drug-likeness (QED) is 0.647. The minimum atomic E-state index is -4.59. The number of benzene rings is 1. The summed E-state index contributed by atoms with van der Waals surface area (Å²) < 4.78 is 51.1. The van der Waals surface area contributed by atoms with E-state index < -0.39 is 23.6 Å². The van der Waals surface area contributed by atoms with E-state index in [1.807, 2.05) is 0 Å². The lowest BCUT2D eigenvalue weighted by molar-refractivity contribution is -0.138. The molecule has 0 fully saturated rings. The van der Waals surface area contributed by atoms with Gasteiger partial charge in [0.15, 0.2) is 0 Å². The maximum atomic E-state index is 12.9. The van der Waals surface area contributed by atoms with Crippen LogP contribution in [-0.2, 0) is 6.18 Å². The lowest BCUT2D eigenvalue weighted by Gasteiger charge is -2.18. The predicted molar refractivity (Wildman–Crippen MR) is 68.5 cm³/mol. The molecule has 19 heavy (non-hydrogen) atoms. The SMILES string of the molecule is Cl.NCCCC[C@@H](N)c1ccc(F)cc1C(F)(F)F. The Kier molecular flexibility index (Phi) is 7.33. The molecule has 110 valence electrons. The van der Waals surface area contributed by atoms with Gasteiger partial charge in [0.05, 0.1) is 5.56 Å². The first kappa shape index (κ1) is 18.1. The summed E-state index contributed by atoms with van der Waals surface area (Å²) in [6.45, 7) is 0.474. The first-order valence-electron chi connectivity index (χ1n) is 5.68. The van der Waals surface area contributed by atoms with Crippen molar-refractivity contribution in [2.75, 3.05) is 6.54 Å². The second-order valence-electron chi connectivity index (χ2n) is 4.12. The van der Waals surface area contributed by atoms with Crippen molar-refractivity contribution in [3.63, 3.8) is 0 Å². The number of halogens is 5. The third-order valence-electron chi connectivity index (χ3n) is 2.69. The van der Waals surface area contributed by atoms with Gasteiger partial charge in [-0.1, -0.05) is 12.5 Å². The van der Waals surface area contributed by atoms with E-state index in [-0.39, 0.29) is 18.0 Å². The molecule has 4 N–H and O–H groups in total. The number of rotatable bonds is 5. The van der Waals surface area contributed by atoms with E-state index >= 15 is 0 Å². The third-order valence-corrected chi connectivity index (χ3v) is 2.69. The van der Waals surface area contributed by atoms with Gasteiger partial charge in [0, 0.05) is 6.04 Å². The Morgan fingerprint density at radius 1 is 1.16 bits per heavy atom. The molecule has 0 saturated heterocycles. The van der Waals surface area contributed by atoms with Crippen molar-refractivity contribution in [3.05, 3.63) is 35.1 Å². The molecule has 0 aliphatic carbocycles. The average Bonchev–Trinajstić information content (AvgIpc) is 2.28. The van der Waals surface area contributed by atoms with Crippen molar-refractivity contribution in [2.45, 2.75) is 31.5 Å². The minimum Gasteiger partial charge on any atom is -0.330 e. The minimum absolute atomic E-state index is 0. The van der Waals surface area contributed by atoms with Gasteiger partial charge < -0.3 is 11.5 Å². The molecule has 2 nitrogen and oxygen atoms in total. The van der Waals surface area contributed by atoms with Gasteiger partial charge in [-0.25, -0.2) is 4.39 Å². The molecular formula is C12H17ClF4N2. The van der Waals surface area contributed by atoms with E-state index in [0.29, 0.717) is 31.9 Å². The Labute approximate surface area is 115 Å². The van der Waals surface area contributed by atoms with Crippen molar-refractivity contribution in [3.8, 4) is 0 Å². The molecular weight excluding hydrogens is 284 g/mol. The maximum absolute atomic E-state index is 12.9. The lowest BCUT2D eigenvalue weighted by Crippen LogP contribution is -2.18. The molecule has 1 aromatic carbocycles. The zero-order valence-electron chi connectivity index (χ0n) is 10.2. The van der Waals surface area contributed by atoms with Crippen molar-refractivity contribution in [1.29, 1.82) is 0 Å². The summed E-state index contributed by atoms with van der Waals surface area (Å²) in [6.07, 6.45) is -2.85. The van der Waals surface area contributed by atoms with E-state index in [1.165, 1.54) is 0 Å². The number of hydrogen-bond acceptors (Lipinski definition) is 2. The van der Waals surface area contributed by atoms with E-state index in [4.69, 9.17) is 11.5 Å². The highest BCUT2D eigenvalue weighted by Gasteiger charge is 2.34. The monoisotopic (exact) mass is 300 g/mol. The molecule has 1 rings (SSSR count). The molecule has 0 aliphatic rings. The largest absolute Gasteiger partial charge is 0.416 e. The van der Waals surface area contributed by atoms with Crippen LogP contribution in [0, 0.1) is 5.82 Å². The summed E-state index contributed by atoms with van der Waals surface area (Å²) in [7, 11) is 0. The Morgan fingerprint density at radius 2 is 1.79 bits per heavy atom. The highest BCUT2D eigenvalue weighted by atomic mass is 35.5. The molecule has 1 aromatic rings. The first-order valence-corrected chi connectivity index (χ1v) is 5.68. The van der Waals surface area contributed by atoms with E-state index in [0.717, 1.165) is 12.1 Å². The number of alkyl halides is 3. The normalized spacial score (nSPS) is 12.9. The van der Waals surface area contributed by atoms with Crippen LogP contribution in [-0.4, -0.2) is 6.54 Å². The predicted octanol–water partition coefficient (Wildman–Crippen LogP) is 3.40. The molecule has 0 heterocycles. The van der Waals surface area contributed by atoms with Gasteiger partial charge in [0.25, 0.3) is 0 Å². The van der Waals surface area contributed by atoms with E-state index in [1.54, 1.807) is 0 Å². The zero-order chi connectivity index (χ0) is 13.8. The summed E-state index contributed by atoms with van der Waals surface area (Å²) in [5, 5.41) is 0. The van der Waals surface area contributed by atoms with Crippen LogP contribution in [0.4, 0.5) is 17.6 Å². The van der Waals surface area contributed by atoms with Crippen LogP contribution in [0.15, 0.2) is 18.2 Å². The summed E-state index contributed by atoms with van der Waals surface area (Å²) in [4.78, 5) is 0. The van der Waals surface area contributed by atoms with Crippen LogP contribution in [0.5, 0.6) is 0 Å². The molecule has 0 saturated carbocycles. The van der Waals surface area contributed by atoms with Crippen LogP contribution in [0.2, 0.25) is 0 Å². The van der Waals surface area contributed by atoms with Crippen LogP contribution >= 0.6 is 12.4 Å². The second kappa shape index (κ2) is 7.67. The molecule has 0 bridgehead atoms. The van der Waals surface area contributed by atoms with Gasteiger partial charge in [0.2, 0.25) is 0 Å². The van der Waals surface area contributed by atoms with Gasteiger partial charge in [-0.15, -0.1) is 12.4 Å². The maximum Gasteiger partial charge on any atom is 0.416 e. The van der Waals surface area contributed by atoms with Gasteiger partial charge in [0.1, 0.15) is 5.82 Å². The molecule has 0 radical (unpaired) electrons. The number of unbranched alkanes of at least 4 members (excludes halogenated alkanes) is 1. The number of hydrogen-bond donors (Lipinski definition) is 2. The zero-order valence-corrected chi connectivity index (χ0v) is 11.0. The smallest absolute Gasteiger partial charge is 0.330 e. The Morgan fingerprint density at radius 3 is 2.32 bits per heavy atom. The van der Waals surface area contributed by atoms with Crippen molar-refractivity contribution in [2.24, 2.45) is 11.5 Å². The molecule has 0 aliphatic heterocycles. The Bertz CT molecular complexity index is 396. The van der Waals surface area contributed by atoms with Crippen LogP contribution in [0.3, 0.4) is 0 Å². The molecule has 0 amide bonds. The van der Waals surface area contributed by atoms with Gasteiger partial charge in [-0.05, 0) is 37.1 Å². The highest BCUT2D eigenvalue weighted by molar-refractivity contribution is 5.85. The summed E-state index contributed by atoms with van der Waals surface area (Å²) in [5.74, 6) is -0.916. The lowest BCUT2D eigenvalue weighted by atomic mass is 9.96. The first-order chi connectivity index (χ1) is 8.36. The summed E-state index contributed by atoms with van der Waals surface area (Å²) in [5.41, 5.74) is 9.96. The van der Waals surface area contributed by atoms with Gasteiger partial charge in [-0.2, -0.15) is 13.2 Å². The topological polar surface area (TPSA) is 52.0 Å². The fraction of sp³-hybridized carbons (Fsp3) is 0.500. The summed E-state index contributed by atoms with van der Waals surface area (Å²) >= 11 is 0. The fourth-order valence-corrected chi connectivity index (χ4v) is 1.76. The highest BCUT2D eigenvalue weighted by Crippen LogP contribution is 2.35. The molecule has 0 unspecified atom stereocenters. The number of nitrogens with two attached hydrogens (primary N) is 2. The molecule has 1 atom stereocenters. The van der Waals surface area contributed by atoms with Gasteiger partial charge in [-0.3, -0.25) is 0 Å². The molecule has 0 aromatic heterocycles. The van der Waals surface area contributed by atoms with Crippen LogP contribution in [0.25, 0.3) is 0 Å². The Hall–Kier alpha value is -0.850. The van der Waals surface area contributed by atoms with E-state index in [2.05, 4.69) is 0 Å². The standard InChI is InChI=1S/C12H16F4N2.ClH/c13-8-4-5-9(10(7-8)12(14,15)16)11(18)3-1-2-6-17;/h4-5,7,11H,1-3,6,17-18H2;1H/t11-;/m1./s1. The molecule has 7 heteroatoms. The van der Waals surface area contributed by atoms with Crippen LogP contribution in [0.1, 0.15) is 36.4 Å². The third kappa shape index (κ3) is 5.34. The van der Waals surface area contributed by atoms with E-state index in [9.17, 15) is 17.6 Å². The fourth-order valence-electron chi connectivity index (χ4n) is 1.76. The summed E-state index contributed by atoms with van der Waals surface area (Å²) in [6, 6.07) is 1.82. The Balaban J connectivity index is 0.00000324. The second-order valence-corrected chi connectivity index (χ2v) is 4.12. The van der Waals surface area contributed by atoms with Crippen molar-refractivity contribution < 1.29 is 17.6 Å². The van der Waals surface area contributed by atoms with Crippen LogP contribution < -0.4 is 11.5 Å².